The second kappa shape index (κ2) is 8.78. The van der Waals surface area contributed by atoms with E-state index >= 15 is 4.39 Å². The van der Waals surface area contributed by atoms with Gasteiger partial charge in [-0.15, -0.1) is 5.10 Å². The molecule has 4 aromatic rings. The van der Waals surface area contributed by atoms with E-state index in [-0.39, 0.29) is 0 Å². The van der Waals surface area contributed by atoms with Gasteiger partial charge in [0.25, 0.3) is 5.91 Å². The summed E-state index contributed by atoms with van der Waals surface area (Å²) in [6.07, 6.45) is 3.31. The highest BCUT2D eigenvalue weighted by Crippen LogP contribution is 2.38. The van der Waals surface area contributed by atoms with Gasteiger partial charge < -0.3 is 15.4 Å². The quantitative estimate of drug-likeness (QED) is 0.462. The number of carbonyl (C=O) groups excluding carboxylic acids is 1. The molecule has 1 amide bonds. The number of methoxy groups -OCH3 is 1. The van der Waals surface area contributed by atoms with Gasteiger partial charge in [0.05, 0.1) is 18.4 Å². The monoisotopic (exact) mass is 456 g/mol. The van der Waals surface area contributed by atoms with Crippen LogP contribution in [0.5, 0.6) is 5.75 Å². The highest BCUT2D eigenvalue weighted by Gasteiger charge is 2.36. The molecule has 1 atom stereocenters. The van der Waals surface area contributed by atoms with Gasteiger partial charge >= 0.3 is 0 Å². The van der Waals surface area contributed by atoms with Crippen LogP contribution >= 0.6 is 0 Å². The van der Waals surface area contributed by atoms with Gasteiger partial charge in [0.15, 0.2) is 5.82 Å². The SMILES string of the molecule is COc1ccccc1NC(=O)C1=C(C)Nc2nc(-c3cccnc3)nn2[C@@H]1c1ccccc1F. The third-order valence-electron chi connectivity index (χ3n) is 5.57. The van der Waals surface area contributed by atoms with E-state index in [4.69, 9.17) is 4.74 Å². The molecule has 1 aliphatic heterocycles. The van der Waals surface area contributed by atoms with Gasteiger partial charge in [0.1, 0.15) is 17.6 Å². The Labute approximate surface area is 195 Å². The Hall–Kier alpha value is -4.53. The number of nitrogens with zero attached hydrogens (tertiary/aromatic N) is 4. The predicted octanol–water partition coefficient (Wildman–Crippen LogP) is 4.42. The van der Waals surface area contributed by atoms with Crippen molar-refractivity contribution in [2.45, 2.75) is 13.0 Å². The maximum atomic E-state index is 15.0. The normalized spacial score (nSPS) is 14.9. The third kappa shape index (κ3) is 3.77. The molecule has 170 valence electrons. The highest BCUT2D eigenvalue weighted by atomic mass is 19.1. The van der Waals surface area contributed by atoms with Crippen molar-refractivity contribution in [1.29, 1.82) is 0 Å². The first-order chi connectivity index (χ1) is 16.6. The molecular formula is C25H21FN6O2. The largest absolute Gasteiger partial charge is 0.495 e. The Morgan fingerprint density at radius 1 is 1.12 bits per heavy atom. The van der Waals surface area contributed by atoms with Crippen LogP contribution < -0.4 is 15.4 Å². The van der Waals surface area contributed by atoms with Crippen molar-refractivity contribution >= 4 is 17.5 Å². The van der Waals surface area contributed by atoms with Crippen LogP contribution in [0.4, 0.5) is 16.0 Å². The Balaban J connectivity index is 1.62. The topological polar surface area (TPSA) is 94.0 Å². The van der Waals surface area contributed by atoms with E-state index in [0.717, 1.165) is 0 Å². The lowest BCUT2D eigenvalue weighted by atomic mass is 9.94. The minimum absolute atomic E-state index is 0.303. The van der Waals surface area contributed by atoms with Crippen molar-refractivity contribution in [1.82, 2.24) is 19.7 Å². The van der Waals surface area contributed by atoms with Crippen LogP contribution in [0.2, 0.25) is 0 Å². The van der Waals surface area contributed by atoms with Crippen molar-refractivity contribution < 1.29 is 13.9 Å². The first-order valence-electron chi connectivity index (χ1n) is 10.6. The summed E-state index contributed by atoms with van der Waals surface area (Å²) >= 11 is 0. The minimum atomic E-state index is -0.843. The molecule has 2 aromatic heterocycles. The smallest absolute Gasteiger partial charge is 0.255 e. The number of halogens is 1. The maximum absolute atomic E-state index is 15.0. The number of hydrogen-bond donors (Lipinski definition) is 2. The van der Waals surface area contributed by atoms with Gasteiger partial charge in [-0.3, -0.25) is 9.78 Å². The summed E-state index contributed by atoms with van der Waals surface area (Å²) in [7, 11) is 1.53. The minimum Gasteiger partial charge on any atom is -0.495 e. The number of allylic oxidation sites excluding steroid dienone is 1. The molecule has 3 heterocycles. The first kappa shape index (κ1) is 21.3. The summed E-state index contributed by atoms with van der Waals surface area (Å²) in [5.74, 6) is 0.469. The number of aromatic nitrogens is 4. The molecule has 0 radical (unpaired) electrons. The Morgan fingerprint density at radius 2 is 1.91 bits per heavy atom. The number of nitrogens with one attached hydrogen (secondary N) is 2. The van der Waals surface area contributed by atoms with Gasteiger partial charge in [0.2, 0.25) is 5.95 Å². The Kier molecular flexibility index (Phi) is 5.51. The van der Waals surface area contributed by atoms with Crippen molar-refractivity contribution in [3.63, 3.8) is 0 Å². The van der Waals surface area contributed by atoms with Gasteiger partial charge in [0, 0.05) is 29.2 Å². The van der Waals surface area contributed by atoms with Crippen LogP contribution in [-0.4, -0.2) is 32.8 Å². The van der Waals surface area contributed by atoms with E-state index < -0.39 is 17.8 Å². The fraction of sp³-hybridized carbons (Fsp3) is 0.120. The van der Waals surface area contributed by atoms with Gasteiger partial charge in [-0.1, -0.05) is 30.3 Å². The number of para-hydroxylation sites is 2. The molecule has 2 N–H and O–H groups in total. The first-order valence-corrected chi connectivity index (χ1v) is 10.6. The molecule has 0 saturated heterocycles. The lowest BCUT2D eigenvalue weighted by Gasteiger charge is -2.29. The molecule has 34 heavy (non-hydrogen) atoms. The molecule has 0 unspecified atom stereocenters. The zero-order valence-electron chi connectivity index (χ0n) is 18.5. The molecule has 0 fully saturated rings. The number of anilines is 2. The average Bonchev–Trinajstić information content (AvgIpc) is 3.28. The molecule has 0 bridgehead atoms. The van der Waals surface area contributed by atoms with Crippen LogP contribution in [0.25, 0.3) is 11.4 Å². The number of ether oxygens (including phenoxy) is 1. The molecule has 8 nitrogen and oxygen atoms in total. The van der Waals surface area contributed by atoms with Crippen molar-refractivity contribution in [3.05, 3.63) is 95.7 Å². The number of fused-ring (bicyclic) bond motifs is 1. The summed E-state index contributed by atoms with van der Waals surface area (Å²) in [6.45, 7) is 1.76. The summed E-state index contributed by atoms with van der Waals surface area (Å²) in [4.78, 5) is 22.3. The van der Waals surface area contributed by atoms with E-state index in [2.05, 4.69) is 25.7 Å². The maximum Gasteiger partial charge on any atom is 0.255 e. The van der Waals surface area contributed by atoms with E-state index in [1.165, 1.54) is 17.9 Å². The number of benzene rings is 2. The Bertz CT molecular complexity index is 1400. The second-order valence-corrected chi connectivity index (χ2v) is 7.69. The van der Waals surface area contributed by atoms with E-state index in [1.807, 2.05) is 12.1 Å². The van der Waals surface area contributed by atoms with Crippen LogP contribution in [0, 0.1) is 5.82 Å². The summed E-state index contributed by atoms with van der Waals surface area (Å²) in [5.41, 5.74) is 2.36. The van der Waals surface area contributed by atoms with E-state index in [1.54, 1.807) is 61.8 Å². The number of rotatable bonds is 5. The number of pyridine rings is 1. The van der Waals surface area contributed by atoms with Crippen LogP contribution in [0.15, 0.2) is 84.3 Å². The fourth-order valence-electron chi connectivity index (χ4n) is 3.98. The van der Waals surface area contributed by atoms with Gasteiger partial charge in [-0.2, -0.15) is 4.98 Å². The molecular weight excluding hydrogens is 435 g/mol. The molecule has 1 aliphatic rings. The summed E-state index contributed by atoms with van der Waals surface area (Å²) in [5, 5.41) is 10.7. The zero-order chi connectivity index (χ0) is 23.7. The van der Waals surface area contributed by atoms with Crippen LogP contribution in [-0.2, 0) is 4.79 Å². The molecule has 0 spiro atoms. The van der Waals surface area contributed by atoms with Crippen molar-refractivity contribution in [2.75, 3.05) is 17.7 Å². The van der Waals surface area contributed by atoms with E-state index in [0.29, 0.717) is 45.6 Å². The molecule has 0 aliphatic carbocycles. The van der Waals surface area contributed by atoms with E-state index in [9.17, 15) is 4.79 Å². The van der Waals surface area contributed by atoms with Crippen molar-refractivity contribution in [3.8, 4) is 17.1 Å². The van der Waals surface area contributed by atoms with Gasteiger partial charge in [-0.25, -0.2) is 9.07 Å². The fourth-order valence-corrected chi connectivity index (χ4v) is 3.98. The second-order valence-electron chi connectivity index (χ2n) is 7.69. The molecule has 5 rings (SSSR count). The zero-order valence-corrected chi connectivity index (χ0v) is 18.5. The number of hydrogen-bond acceptors (Lipinski definition) is 6. The highest BCUT2D eigenvalue weighted by molar-refractivity contribution is 6.06. The van der Waals surface area contributed by atoms with Crippen LogP contribution in [0.3, 0.4) is 0 Å². The predicted molar refractivity (Wildman–Crippen MR) is 126 cm³/mol. The average molecular weight is 456 g/mol. The third-order valence-corrected chi connectivity index (χ3v) is 5.57. The van der Waals surface area contributed by atoms with Gasteiger partial charge in [-0.05, 0) is 37.3 Å². The standard InChI is InChI=1S/C25H21FN6O2/c1-15-21(24(33)29-19-11-5-6-12-20(19)34-2)22(17-9-3-4-10-18(17)26)32-25(28-15)30-23(31-32)16-8-7-13-27-14-16/h3-14,22H,1-2H3,(H,29,33)(H,28,30,31)/t22-/m1/s1. The Morgan fingerprint density at radius 3 is 2.68 bits per heavy atom. The number of amides is 1. The summed E-state index contributed by atoms with van der Waals surface area (Å²) in [6, 6.07) is 16.2. The lowest BCUT2D eigenvalue weighted by Crippen LogP contribution is -2.32. The summed E-state index contributed by atoms with van der Waals surface area (Å²) < 4.78 is 21.9. The number of carbonyl (C=O) groups is 1. The molecule has 0 saturated carbocycles. The van der Waals surface area contributed by atoms with Crippen LogP contribution in [0.1, 0.15) is 18.5 Å². The lowest BCUT2D eigenvalue weighted by molar-refractivity contribution is -0.113. The molecule has 2 aromatic carbocycles. The van der Waals surface area contributed by atoms with Crippen molar-refractivity contribution in [2.24, 2.45) is 0 Å². The molecule has 9 heteroatoms.